The number of nitrogens with zero attached hydrogens (tertiary/aromatic N) is 3. The van der Waals surface area contributed by atoms with Crippen LogP contribution < -0.4 is 16.0 Å². The van der Waals surface area contributed by atoms with E-state index >= 15 is 0 Å². The standard InChI is InChI=1S/C21H26N6OS/c1-14-12-24-20(29-14)17-11-21(2,3)27-18(26-17)16(13-25-27)19(28)23-10-9-22-15-7-5-4-6-8-15/h4-8,12-13,17,22,26H,9-11H2,1-3H3,(H,23,28). The summed E-state index contributed by atoms with van der Waals surface area (Å²) in [6.45, 7) is 7.52. The van der Waals surface area contributed by atoms with Gasteiger partial charge in [0.1, 0.15) is 16.4 Å². The molecule has 0 bridgehead atoms. The average Bonchev–Trinajstić information content (AvgIpc) is 3.32. The fourth-order valence-electron chi connectivity index (χ4n) is 3.63. The molecule has 2 aromatic heterocycles. The highest BCUT2D eigenvalue weighted by molar-refractivity contribution is 7.11. The third-order valence-corrected chi connectivity index (χ3v) is 6.08. The molecule has 7 nitrogen and oxygen atoms in total. The van der Waals surface area contributed by atoms with Crippen molar-refractivity contribution in [2.45, 2.75) is 38.8 Å². The summed E-state index contributed by atoms with van der Waals surface area (Å²) >= 11 is 1.69. The topological polar surface area (TPSA) is 83.9 Å². The number of amides is 1. The number of hydrogen-bond acceptors (Lipinski definition) is 6. The number of nitrogens with one attached hydrogen (secondary N) is 3. The number of benzene rings is 1. The van der Waals surface area contributed by atoms with Gasteiger partial charge in [-0.1, -0.05) is 18.2 Å². The highest BCUT2D eigenvalue weighted by atomic mass is 32.1. The minimum absolute atomic E-state index is 0.0687. The summed E-state index contributed by atoms with van der Waals surface area (Å²) in [5.41, 5.74) is 1.39. The number of aromatic nitrogens is 3. The SMILES string of the molecule is Cc1cnc(C2CC(C)(C)n3ncc(C(=O)NCCNc4ccccc4)c3N2)s1. The van der Waals surface area contributed by atoms with Crippen molar-refractivity contribution in [2.75, 3.05) is 23.7 Å². The van der Waals surface area contributed by atoms with Crippen LogP contribution in [-0.4, -0.2) is 33.8 Å². The molecular formula is C21H26N6OS. The van der Waals surface area contributed by atoms with Gasteiger partial charge in [0.2, 0.25) is 0 Å². The predicted octanol–water partition coefficient (Wildman–Crippen LogP) is 3.78. The molecule has 0 spiro atoms. The molecule has 3 N–H and O–H groups in total. The van der Waals surface area contributed by atoms with E-state index in [9.17, 15) is 4.79 Å². The van der Waals surface area contributed by atoms with Gasteiger partial charge < -0.3 is 16.0 Å². The van der Waals surface area contributed by atoms with Crippen LogP contribution in [0.25, 0.3) is 0 Å². The smallest absolute Gasteiger partial charge is 0.256 e. The third kappa shape index (κ3) is 4.12. The summed E-state index contributed by atoms with van der Waals surface area (Å²) in [6.07, 6.45) is 4.41. The molecule has 152 valence electrons. The van der Waals surface area contributed by atoms with E-state index in [0.29, 0.717) is 18.7 Å². The van der Waals surface area contributed by atoms with Crippen LogP contribution in [0, 0.1) is 6.92 Å². The largest absolute Gasteiger partial charge is 0.383 e. The molecule has 4 rings (SSSR count). The van der Waals surface area contributed by atoms with E-state index in [2.05, 4.69) is 46.8 Å². The lowest BCUT2D eigenvalue weighted by Gasteiger charge is -2.37. The highest BCUT2D eigenvalue weighted by Crippen LogP contribution is 2.40. The minimum Gasteiger partial charge on any atom is -0.383 e. The van der Waals surface area contributed by atoms with Gasteiger partial charge in [0, 0.05) is 29.9 Å². The van der Waals surface area contributed by atoms with Gasteiger partial charge in [0.15, 0.2) is 0 Å². The second-order valence-electron chi connectivity index (χ2n) is 7.89. The van der Waals surface area contributed by atoms with Crippen molar-refractivity contribution in [1.82, 2.24) is 20.1 Å². The molecule has 3 heterocycles. The zero-order chi connectivity index (χ0) is 20.4. The fourth-order valence-corrected chi connectivity index (χ4v) is 4.46. The monoisotopic (exact) mass is 410 g/mol. The van der Waals surface area contributed by atoms with Crippen LogP contribution in [0.3, 0.4) is 0 Å². The maximum absolute atomic E-state index is 12.8. The summed E-state index contributed by atoms with van der Waals surface area (Å²) in [4.78, 5) is 18.5. The molecule has 0 saturated carbocycles. The molecule has 0 saturated heterocycles. The Morgan fingerprint density at radius 1 is 1.28 bits per heavy atom. The molecule has 1 aromatic carbocycles. The number of rotatable bonds is 6. The lowest BCUT2D eigenvalue weighted by molar-refractivity contribution is 0.0955. The van der Waals surface area contributed by atoms with E-state index < -0.39 is 0 Å². The van der Waals surface area contributed by atoms with Gasteiger partial charge in [-0.2, -0.15) is 5.10 Å². The van der Waals surface area contributed by atoms with Crippen LogP contribution in [0.5, 0.6) is 0 Å². The Hall–Kier alpha value is -2.87. The quantitative estimate of drug-likeness (QED) is 0.539. The van der Waals surface area contributed by atoms with E-state index in [1.165, 1.54) is 4.88 Å². The van der Waals surface area contributed by atoms with E-state index in [1.54, 1.807) is 17.5 Å². The number of carbonyl (C=O) groups is 1. The second-order valence-corrected chi connectivity index (χ2v) is 9.16. The predicted molar refractivity (Wildman–Crippen MR) is 117 cm³/mol. The van der Waals surface area contributed by atoms with Gasteiger partial charge in [-0.3, -0.25) is 4.79 Å². The van der Waals surface area contributed by atoms with Crippen molar-refractivity contribution < 1.29 is 4.79 Å². The summed E-state index contributed by atoms with van der Waals surface area (Å²) in [6, 6.07) is 10.0. The maximum atomic E-state index is 12.8. The van der Waals surface area contributed by atoms with Crippen molar-refractivity contribution in [2.24, 2.45) is 0 Å². The van der Waals surface area contributed by atoms with Crippen LogP contribution in [0.4, 0.5) is 11.5 Å². The Balaban J connectivity index is 1.44. The Bertz CT molecular complexity index is 994. The van der Waals surface area contributed by atoms with Gasteiger partial charge in [-0.15, -0.1) is 11.3 Å². The van der Waals surface area contributed by atoms with E-state index in [1.807, 2.05) is 41.2 Å². The highest BCUT2D eigenvalue weighted by Gasteiger charge is 2.37. The molecule has 1 atom stereocenters. The first kappa shape index (κ1) is 19.4. The lowest BCUT2D eigenvalue weighted by Crippen LogP contribution is -2.38. The Kier molecular flexibility index (Phi) is 5.27. The molecule has 29 heavy (non-hydrogen) atoms. The molecule has 1 amide bonds. The normalized spacial score (nSPS) is 17.3. The summed E-state index contributed by atoms with van der Waals surface area (Å²) in [5.74, 6) is 0.632. The molecule has 1 aliphatic rings. The molecule has 0 fully saturated rings. The molecule has 0 aliphatic carbocycles. The van der Waals surface area contributed by atoms with Gasteiger partial charge in [0.25, 0.3) is 5.91 Å². The molecule has 1 unspecified atom stereocenters. The minimum atomic E-state index is -0.210. The van der Waals surface area contributed by atoms with Crippen molar-refractivity contribution in [3.05, 3.63) is 58.2 Å². The summed E-state index contributed by atoms with van der Waals surface area (Å²) in [5, 5.41) is 15.3. The van der Waals surface area contributed by atoms with Crippen LogP contribution >= 0.6 is 11.3 Å². The maximum Gasteiger partial charge on any atom is 0.256 e. The summed E-state index contributed by atoms with van der Waals surface area (Å²) < 4.78 is 1.92. The van der Waals surface area contributed by atoms with Crippen LogP contribution in [-0.2, 0) is 5.54 Å². The van der Waals surface area contributed by atoms with E-state index in [-0.39, 0.29) is 17.5 Å². The second kappa shape index (κ2) is 7.87. The first-order valence-corrected chi connectivity index (χ1v) is 10.6. The number of aryl methyl sites for hydroxylation is 1. The number of para-hydroxylation sites is 1. The van der Waals surface area contributed by atoms with Crippen molar-refractivity contribution in [3.8, 4) is 0 Å². The van der Waals surface area contributed by atoms with Gasteiger partial charge in [0.05, 0.1) is 17.8 Å². The first-order chi connectivity index (χ1) is 13.9. The molecular weight excluding hydrogens is 384 g/mol. The number of thiazole rings is 1. The number of hydrogen-bond donors (Lipinski definition) is 3. The Morgan fingerprint density at radius 3 is 2.79 bits per heavy atom. The van der Waals surface area contributed by atoms with Crippen molar-refractivity contribution in [3.63, 3.8) is 0 Å². The number of carbonyl (C=O) groups excluding carboxylic acids is 1. The molecule has 1 aliphatic heterocycles. The van der Waals surface area contributed by atoms with Gasteiger partial charge in [-0.05, 0) is 39.3 Å². The number of anilines is 2. The molecule has 3 aromatic rings. The first-order valence-electron chi connectivity index (χ1n) is 9.78. The van der Waals surface area contributed by atoms with E-state index in [4.69, 9.17) is 0 Å². The summed E-state index contributed by atoms with van der Waals surface area (Å²) in [7, 11) is 0. The lowest BCUT2D eigenvalue weighted by atomic mass is 9.93. The third-order valence-electron chi connectivity index (χ3n) is 5.05. The van der Waals surface area contributed by atoms with E-state index in [0.717, 1.165) is 22.9 Å². The number of fused-ring (bicyclic) bond motifs is 1. The van der Waals surface area contributed by atoms with Gasteiger partial charge in [-0.25, -0.2) is 9.67 Å². The van der Waals surface area contributed by atoms with Crippen LogP contribution in [0.2, 0.25) is 0 Å². The van der Waals surface area contributed by atoms with Crippen molar-refractivity contribution >= 4 is 28.7 Å². The Labute approximate surface area is 174 Å². The average molecular weight is 411 g/mol. The van der Waals surface area contributed by atoms with Crippen molar-refractivity contribution in [1.29, 1.82) is 0 Å². The zero-order valence-corrected chi connectivity index (χ0v) is 17.7. The fraction of sp³-hybridized carbons (Fsp3) is 0.381. The Morgan fingerprint density at radius 2 is 2.07 bits per heavy atom. The van der Waals surface area contributed by atoms with Crippen LogP contribution in [0.15, 0.2) is 42.7 Å². The van der Waals surface area contributed by atoms with Gasteiger partial charge >= 0.3 is 0 Å². The molecule has 8 heteroatoms. The van der Waals surface area contributed by atoms with Crippen LogP contribution in [0.1, 0.15) is 46.6 Å². The molecule has 0 radical (unpaired) electrons. The zero-order valence-electron chi connectivity index (χ0n) is 16.9.